The van der Waals surface area contributed by atoms with Gasteiger partial charge in [-0.25, -0.2) is 4.98 Å². The summed E-state index contributed by atoms with van der Waals surface area (Å²) in [5.74, 6) is -0.653. The van der Waals surface area contributed by atoms with Crippen molar-refractivity contribution in [3.8, 4) is 0 Å². The molecule has 4 heteroatoms. The molecule has 1 aliphatic rings. The van der Waals surface area contributed by atoms with Crippen molar-refractivity contribution in [1.82, 2.24) is 4.98 Å². The lowest BCUT2D eigenvalue weighted by molar-refractivity contribution is -0.154. The van der Waals surface area contributed by atoms with Crippen molar-refractivity contribution >= 4 is 17.3 Å². The SMILES string of the molecule is Cc1nc(CC2(C(=O)O)CCC2)sc1C. The molecule has 0 atom stereocenters. The molecular formula is C11H15NO2S. The van der Waals surface area contributed by atoms with E-state index in [9.17, 15) is 9.90 Å². The summed E-state index contributed by atoms with van der Waals surface area (Å²) < 4.78 is 0. The van der Waals surface area contributed by atoms with Gasteiger partial charge < -0.3 is 5.11 Å². The number of thiazole rings is 1. The van der Waals surface area contributed by atoms with Crippen LogP contribution >= 0.6 is 11.3 Å². The Balaban J connectivity index is 2.17. The van der Waals surface area contributed by atoms with E-state index in [4.69, 9.17) is 0 Å². The fourth-order valence-corrected chi connectivity index (χ4v) is 3.05. The smallest absolute Gasteiger partial charge is 0.310 e. The van der Waals surface area contributed by atoms with Gasteiger partial charge in [0.25, 0.3) is 0 Å². The van der Waals surface area contributed by atoms with Gasteiger partial charge in [-0.2, -0.15) is 0 Å². The van der Waals surface area contributed by atoms with E-state index >= 15 is 0 Å². The standard InChI is InChI=1S/C11H15NO2S/c1-7-8(2)15-9(12-7)6-11(10(13)14)4-3-5-11/h3-6H2,1-2H3,(H,13,14). The van der Waals surface area contributed by atoms with Gasteiger partial charge >= 0.3 is 5.97 Å². The van der Waals surface area contributed by atoms with Gasteiger partial charge in [0.1, 0.15) is 0 Å². The van der Waals surface area contributed by atoms with Crippen LogP contribution in [0.1, 0.15) is 34.8 Å². The molecule has 1 fully saturated rings. The summed E-state index contributed by atoms with van der Waals surface area (Å²) in [6, 6.07) is 0. The molecule has 82 valence electrons. The van der Waals surface area contributed by atoms with Crippen molar-refractivity contribution in [3.05, 3.63) is 15.6 Å². The summed E-state index contributed by atoms with van der Waals surface area (Å²) in [5, 5.41) is 10.2. The second kappa shape index (κ2) is 3.59. The first-order valence-corrected chi connectivity index (χ1v) is 6.01. The minimum Gasteiger partial charge on any atom is -0.481 e. The number of carboxylic acid groups (broad SMARTS) is 1. The number of rotatable bonds is 3. The summed E-state index contributed by atoms with van der Waals surface area (Å²) in [7, 11) is 0. The van der Waals surface area contributed by atoms with Gasteiger partial charge in [0.05, 0.1) is 16.1 Å². The number of aryl methyl sites for hydroxylation is 2. The first-order valence-electron chi connectivity index (χ1n) is 5.20. The third-order valence-corrected chi connectivity index (χ3v) is 4.40. The number of aliphatic carboxylic acids is 1. The van der Waals surface area contributed by atoms with Crippen molar-refractivity contribution in [2.45, 2.75) is 39.5 Å². The van der Waals surface area contributed by atoms with Gasteiger partial charge in [-0.15, -0.1) is 11.3 Å². The summed E-state index contributed by atoms with van der Waals surface area (Å²) in [4.78, 5) is 16.8. The zero-order valence-electron chi connectivity index (χ0n) is 9.04. The second-order valence-electron chi connectivity index (χ2n) is 4.37. The predicted octanol–water partition coefficient (Wildman–Crippen LogP) is 2.56. The number of carboxylic acids is 1. The molecule has 1 aromatic heterocycles. The van der Waals surface area contributed by atoms with Gasteiger partial charge in [0, 0.05) is 11.3 Å². The van der Waals surface area contributed by atoms with Crippen molar-refractivity contribution < 1.29 is 9.90 Å². The molecule has 0 unspecified atom stereocenters. The number of nitrogens with zero attached hydrogens (tertiary/aromatic N) is 1. The van der Waals surface area contributed by atoms with Crippen LogP contribution in [-0.2, 0) is 11.2 Å². The normalized spacial score (nSPS) is 18.5. The van der Waals surface area contributed by atoms with Gasteiger partial charge in [0.15, 0.2) is 0 Å². The Morgan fingerprint density at radius 1 is 1.53 bits per heavy atom. The van der Waals surface area contributed by atoms with Crippen LogP contribution in [0.3, 0.4) is 0 Å². The largest absolute Gasteiger partial charge is 0.481 e. The van der Waals surface area contributed by atoms with Crippen LogP contribution in [0.2, 0.25) is 0 Å². The summed E-state index contributed by atoms with van der Waals surface area (Å²) in [5.41, 5.74) is 0.534. The van der Waals surface area contributed by atoms with E-state index in [0.717, 1.165) is 30.0 Å². The fourth-order valence-electron chi connectivity index (χ4n) is 1.97. The lowest BCUT2D eigenvalue weighted by Crippen LogP contribution is -2.39. The van der Waals surface area contributed by atoms with Gasteiger partial charge in [-0.05, 0) is 26.7 Å². The molecular weight excluding hydrogens is 210 g/mol. The predicted molar refractivity (Wildman–Crippen MR) is 59.2 cm³/mol. The molecule has 0 aromatic carbocycles. The monoisotopic (exact) mass is 225 g/mol. The van der Waals surface area contributed by atoms with E-state index in [-0.39, 0.29) is 0 Å². The molecule has 2 rings (SSSR count). The second-order valence-corrected chi connectivity index (χ2v) is 5.65. The molecule has 0 radical (unpaired) electrons. The Labute approximate surface area is 93.2 Å². The molecule has 3 nitrogen and oxygen atoms in total. The molecule has 1 saturated carbocycles. The van der Waals surface area contributed by atoms with E-state index in [1.165, 1.54) is 4.88 Å². The Morgan fingerprint density at radius 3 is 2.53 bits per heavy atom. The van der Waals surface area contributed by atoms with Crippen LogP contribution < -0.4 is 0 Å². The highest BCUT2D eigenvalue weighted by Crippen LogP contribution is 2.44. The van der Waals surface area contributed by atoms with E-state index in [1.54, 1.807) is 11.3 Å². The van der Waals surface area contributed by atoms with Gasteiger partial charge in [-0.1, -0.05) is 6.42 Å². The molecule has 1 N–H and O–H groups in total. The summed E-state index contributed by atoms with van der Waals surface area (Å²) >= 11 is 1.63. The third kappa shape index (κ3) is 1.78. The molecule has 0 bridgehead atoms. The molecule has 1 aromatic rings. The Kier molecular flexibility index (Phi) is 2.54. The molecule has 0 saturated heterocycles. The minimum absolute atomic E-state index is 0.503. The maximum Gasteiger partial charge on any atom is 0.310 e. The number of aromatic nitrogens is 1. The van der Waals surface area contributed by atoms with E-state index < -0.39 is 11.4 Å². The maximum atomic E-state index is 11.2. The van der Waals surface area contributed by atoms with Crippen molar-refractivity contribution in [2.24, 2.45) is 5.41 Å². The number of hydrogen-bond acceptors (Lipinski definition) is 3. The van der Waals surface area contributed by atoms with Crippen LogP contribution in [0.15, 0.2) is 0 Å². The topological polar surface area (TPSA) is 50.2 Å². The van der Waals surface area contributed by atoms with Crippen molar-refractivity contribution in [3.63, 3.8) is 0 Å². The quantitative estimate of drug-likeness (QED) is 0.860. The van der Waals surface area contributed by atoms with Crippen LogP contribution in [0.5, 0.6) is 0 Å². The number of carbonyl (C=O) groups is 1. The van der Waals surface area contributed by atoms with Crippen LogP contribution in [0.25, 0.3) is 0 Å². The van der Waals surface area contributed by atoms with Crippen LogP contribution in [0, 0.1) is 19.3 Å². The van der Waals surface area contributed by atoms with Gasteiger partial charge in [0.2, 0.25) is 0 Å². The first-order chi connectivity index (χ1) is 7.03. The van der Waals surface area contributed by atoms with E-state index in [1.807, 2.05) is 13.8 Å². The Bertz CT molecular complexity index is 374. The zero-order valence-corrected chi connectivity index (χ0v) is 9.86. The van der Waals surface area contributed by atoms with E-state index in [2.05, 4.69) is 4.98 Å². The lowest BCUT2D eigenvalue weighted by Gasteiger charge is -2.36. The molecule has 0 spiro atoms. The first kappa shape index (κ1) is 10.6. The van der Waals surface area contributed by atoms with E-state index in [0.29, 0.717) is 6.42 Å². The molecule has 1 aliphatic carbocycles. The van der Waals surface area contributed by atoms with Crippen molar-refractivity contribution in [2.75, 3.05) is 0 Å². The Morgan fingerprint density at radius 2 is 2.20 bits per heavy atom. The highest BCUT2D eigenvalue weighted by Gasteiger charge is 2.44. The highest BCUT2D eigenvalue weighted by atomic mass is 32.1. The fraction of sp³-hybridized carbons (Fsp3) is 0.636. The van der Waals surface area contributed by atoms with Gasteiger partial charge in [-0.3, -0.25) is 4.79 Å². The molecule has 0 amide bonds. The average Bonchev–Trinajstić information content (AvgIpc) is 2.38. The third-order valence-electron chi connectivity index (χ3n) is 3.33. The molecule has 1 heterocycles. The number of hydrogen-bond donors (Lipinski definition) is 1. The minimum atomic E-state index is -0.653. The molecule has 0 aliphatic heterocycles. The van der Waals surface area contributed by atoms with Crippen LogP contribution in [-0.4, -0.2) is 16.1 Å². The Hall–Kier alpha value is -0.900. The lowest BCUT2D eigenvalue weighted by atomic mass is 9.67. The summed E-state index contributed by atoms with van der Waals surface area (Å²) in [6.07, 6.45) is 3.26. The van der Waals surface area contributed by atoms with Crippen LogP contribution in [0.4, 0.5) is 0 Å². The summed E-state index contributed by atoms with van der Waals surface area (Å²) in [6.45, 7) is 4.01. The maximum absolute atomic E-state index is 11.2. The highest BCUT2D eigenvalue weighted by molar-refractivity contribution is 7.11. The van der Waals surface area contributed by atoms with Crippen molar-refractivity contribution in [1.29, 1.82) is 0 Å². The average molecular weight is 225 g/mol. The zero-order chi connectivity index (χ0) is 11.1. The molecule has 15 heavy (non-hydrogen) atoms.